The van der Waals surface area contributed by atoms with Crippen LogP contribution in [0.5, 0.6) is 5.75 Å². The number of aromatic nitrogens is 1. The monoisotopic (exact) mass is 306 g/mol. The molecule has 3 rings (SSSR count). The van der Waals surface area contributed by atoms with Gasteiger partial charge in [-0.3, -0.25) is 4.79 Å². The molecule has 1 saturated carbocycles. The number of aliphatic carboxylic acids is 1. The summed E-state index contributed by atoms with van der Waals surface area (Å²) >= 11 is 6.01. The second-order valence-corrected chi connectivity index (χ2v) is 5.34. The molecule has 1 fully saturated rings. The van der Waals surface area contributed by atoms with Crippen LogP contribution in [0.3, 0.4) is 0 Å². The van der Waals surface area contributed by atoms with Gasteiger partial charge in [-0.05, 0) is 12.8 Å². The molecular weight excluding hydrogens is 296 g/mol. The Balaban J connectivity index is 2.03. The Hall–Kier alpha value is -2.34. The van der Waals surface area contributed by atoms with Gasteiger partial charge in [-0.25, -0.2) is 9.78 Å². The van der Waals surface area contributed by atoms with Crippen LogP contribution in [-0.4, -0.2) is 32.6 Å². The number of aromatic hydroxyl groups is 1. The maximum absolute atomic E-state index is 12.2. The minimum atomic E-state index is -1.25. The molecule has 3 N–H and O–H groups in total. The Morgan fingerprint density at radius 2 is 1.86 bits per heavy atom. The number of hydrogen-bond donors (Lipinski definition) is 3. The number of carbonyl (C=O) groups excluding carboxylic acids is 1. The van der Waals surface area contributed by atoms with E-state index in [-0.39, 0.29) is 16.6 Å². The van der Waals surface area contributed by atoms with Crippen LogP contribution >= 0.6 is 11.6 Å². The molecule has 1 aliphatic carbocycles. The first-order valence-electron chi connectivity index (χ1n) is 6.28. The van der Waals surface area contributed by atoms with Gasteiger partial charge in [0.2, 0.25) is 0 Å². The van der Waals surface area contributed by atoms with E-state index in [1.54, 1.807) is 24.3 Å². The minimum Gasteiger partial charge on any atom is -0.505 e. The number of halogens is 1. The first kappa shape index (κ1) is 13.6. The number of pyridine rings is 1. The van der Waals surface area contributed by atoms with Gasteiger partial charge in [0.1, 0.15) is 10.7 Å². The van der Waals surface area contributed by atoms with Gasteiger partial charge in [-0.15, -0.1) is 0 Å². The van der Waals surface area contributed by atoms with E-state index in [2.05, 4.69) is 10.3 Å². The van der Waals surface area contributed by atoms with Crippen molar-refractivity contribution in [3.63, 3.8) is 0 Å². The highest BCUT2D eigenvalue weighted by Gasteiger charge is 2.52. The van der Waals surface area contributed by atoms with E-state index in [0.717, 1.165) is 0 Å². The summed E-state index contributed by atoms with van der Waals surface area (Å²) in [6.45, 7) is 0. The van der Waals surface area contributed by atoms with E-state index < -0.39 is 17.4 Å². The van der Waals surface area contributed by atoms with Crippen molar-refractivity contribution in [1.82, 2.24) is 10.3 Å². The van der Waals surface area contributed by atoms with Crippen LogP contribution in [0.4, 0.5) is 0 Å². The fraction of sp³-hybridized carbons (Fsp3) is 0.214. The molecule has 0 saturated heterocycles. The van der Waals surface area contributed by atoms with Crippen LogP contribution in [0, 0.1) is 0 Å². The van der Waals surface area contributed by atoms with Crippen LogP contribution < -0.4 is 5.32 Å². The Morgan fingerprint density at radius 1 is 1.24 bits per heavy atom. The molecule has 0 unspecified atom stereocenters. The third-order valence-electron chi connectivity index (χ3n) is 3.57. The molecule has 1 amide bonds. The maximum Gasteiger partial charge on any atom is 0.329 e. The molecule has 6 nitrogen and oxygen atoms in total. The number of carbonyl (C=O) groups is 2. The van der Waals surface area contributed by atoms with Gasteiger partial charge in [-0.2, -0.15) is 0 Å². The summed E-state index contributed by atoms with van der Waals surface area (Å²) in [4.78, 5) is 27.1. The fourth-order valence-corrected chi connectivity index (χ4v) is 2.41. The van der Waals surface area contributed by atoms with Crippen LogP contribution in [0.25, 0.3) is 10.8 Å². The summed E-state index contributed by atoms with van der Waals surface area (Å²) in [7, 11) is 0. The number of rotatable bonds is 3. The zero-order valence-corrected chi connectivity index (χ0v) is 11.5. The van der Waals surface area contributed by atoms with E-state index in [1.807, 2.05) is 0 Å². The number of amides is 1. The number of carboxylic acids is 1. The molecule has 21 heavy (non-hydrogen) atoms. The summed E-state index contributed by atoms with van der Waals surface area (Å²) in [6, 6.07) is 6.71. The summed E-state index contributed by atoms with van der Waals surface area (Å²) in [5.74, 6) is -2.16. The molecule has 7 heteroatoms. The van der Waals surface area contributed by atoms with Crippen molar-refractivity contribution < 1.29 is 19.8 Å². The summed E-state index contributed by atoms with van der Waals surface area (Å²) in [6.07, 6.45) is 0.715. The largest absolute Gasteiger partial charge is 0.505 e. The highest BCUT2D eigenvalue weighted by molar-refractivity contribution is 6.34. The second-order valence-electron chi connectivity index (χ2n) is 4.99. The van der Waals surface area contributed by atoms with Crippen molar-refractivity contribution in [1.29, 1.82) is 0 Å². The average molecular weight is 307 g/mol. The highest BCUT2D eigenvalue weighted by Crippen LogP contribution is 2.37. The lowest BCUT2D eigenvalue weighted by molar-refractivity contribution is -0.140. The van der Waals surface area contributed by atoms with Crippen molar-refractivity contribution in [2.75, 3.05) is 0 Å². The van der Waals surface area contributed by atoms with Gasteiger partial charge >= 0.3 is 5.97 Å². The van der Waals surface area contributed by atoms with E-state index >= 15 is 0 Å². The smallest absolute Gasteiger partial charge is 0.329 e. The van der Waals surface area contributed by atoms with Crippen LogP contribution in [-0.2, 0) is 4.79 Å². The Morgan fingerprint density at radius 3 is 2.43 bits per heavy atom. The quantitative estimate of drug-likeness (QED) is 0.753. The van der Waals surface area contributed by atoms with Crippen molar-refractivity contribution in [2.24, 2.45) is 0 Å². The maximum atomic E-state index is 12.2. The summed E-state index contributed by atoms with van der Waals surface area (Å²) in [5.41, 5.74) is -1.52. The predicted octanol–water partition coefficient (Wildman–Crippen LogP) is 1.94. The van der Waals surface area contributed by atoms with Crippen LogP contribution in [0.15, 0.2) is 24.3 Å². The number of nitrogens with one attached hydrogen (secondary N) is 1. The summed E-state index contributed by atoms with van der Waals surface area (Å²) < 4.78 is 0. The molecule has 2 aromatic rings. The third kappa shape index (κ3) is 2.17. The van der Waals surface area contributed by atoms with Crippen molar-refractivity contribution >= 4 is 34.2 Å². The molecule has 1 aromatic carbocycles. The van der Waals surface area contributed by atoms with Gasteiger partial charge in [0, 0.05) is 10.8 Å². The number of carboxylic acid groups (broad SMARTS) is 1. The normalized spacial score (nSPS) is 15.7. The average Bonchev–Trinajstić information content (AvgIpc) is 3.24. The standard InChI is InChI=1S/C14H11ClN2O4/c15-11-8-4-2-1-3-7(8)10(18)9(16-11)12(19)17-14(5-6-14)13(20)21/h1-4,18H,5-6H2,(H,17,19)(H,20,21). The second kappa shape index (κ2) is 4.60. The van der Waals surface area contributed by atoms with Gasteiger partial charge < -0.3 is 15.5 Å². The Kier molecular flexibility index (Phi) is 2.98. The number of nitrogens with zero attached hydrogens (tertiary/aromatic N) is 1. The highest BCUT2D eigenvalue weighted by atomic mass is 35.5. The number of hydrogen-bond acceptors (Lipinski definition) is 4. The van der Waals surface area contributed by atoms with Crippen molar-refractivity contribution in [3.05, 3.63) is 35.1 Å². The zero-order chi connectivity index (χ0) is 15.2. The lowest BCUT2D eigenvalue weighted by atomic mass is 10.1. The molecule has 0 radical (unpaired) electrons. The Bertz CT molecular complexity index is 771. The van der Waals surface area contributed by atoms with E-state index in [9.17, 15) is 14.7 Å². The topological polar surface area (TPSA) is 99.5 Å². The van der Waals surface area contributed by atoms with Crippen molar-refractivity contribution in [3.8, 4) is 5.75 Å². The minimum absolute atomic E-state index is 0.0775. The molecule has 0 atom stereocenters. The SMILES string of the molecule is O=C(NC1(C(=O)O)CC1)c1nc(Cl)c2ccccc2c1O. The van der Waals surface area contributed by atoms with E-state index in [4.69, 9.17) is 16.7 Å². The Labute approximate surface area is 124 Å². The number of benzene rings is 1. The van der Waals surface area contributed by atoms with Crippen LogP contribution in [0.2, 0.25) is 5.15 Å². The number of fused-ring (bicyclic) bond motifs is 1. The molecular formula is C14H11ClN2O4. The molecule has 1 heterocycles. The molecule has 0 aliphatic heterocycles. The van der Waals surface area contributed by atoms with Gasteiger partial charge in [0.25, 0.3) is 5.91 Å². The molecule has 0 spiro atoms. The van der Waals surface area contributed by atoms with Gasteiger partial charge in [0.15, 0.2) is 11.4 Å². The third-order valence-corrected chi connectivity index (χ3v) is 3.85. The molecule has 1 aromatic heterocycles. The first-order valence-corrected chi connectivity index (χ1v) is 6.65. The van der Waals surface area contributed by atoms with Gasteiger partial charge in [-0.1, -0.05) is 35.9 Å². The van der Waals surface area contributed by atoms with E-state index in [0.29, 0.717) is 23.6 Å². The predicted molar refractivity (Wildman–Crippen MR) is 75.5 cm³/mol. The zero-order valence-electron chi connectivity index (χ0n) is 10.8. The molecule has 1 aliphatic rings. The fourth-order valence-electron chi connectivity index (χ4n) is 2.16. The molecule has 108 valence electrons. The van der Waals surface area contributed by atoms with Crippen molar-refractivity contribution in [2.45, 2.75) is 18.4 Å². The van der Waals surface area contributed by atoms with Gasteiger partial charge in [0.05, 0.1) is 0 Å². The lowest BCUT2D eigenvalue weighted by Crippen LogP contribution is -2.43. The summed E-state index contributed by atoms with van der Waals surface area (Å²) in [5, 5.41) is 22.6. The van der Waals surface area contributed by atoms with Crippen LogP contribution in [0.1, 0.15) is 23.3 Å². The molecule has 0 bridgehead atoms. The first-order chi connectivity index (χ1) is 9.94. The lowest BCUT2D eigenvalue weighted by Gasteiger charge is -2.13. The van der Waals surface area contributed by atoms with E-state index in [1.165, 1.54) is 0 Å².